The number of rotatable bonds is 3. The van der Waals surface area contributed by atoms with Gasteiger partial charge in [-0.05, 0) is 24.3 Å². The molecule has 0 spiro atoms. The minimum Gasteiger partial charge on any atom is -0.266 e. The zero-order chi connectivity index (χ0) is 14.7. The fourth-order valence-corrected chi connectivity index (χ4v) is 2.64. The van der Waals surface area contributed by atoms with Gasteiger partial charge in [-0.15, -0.1) is 0 Å². The lowest BCUT2D eigenvalue weighted by molar-refractivity contribution is 0.0868. The molecule has 0 fully saturated rings. The van der Waals surface area contributed by atoms with Crippen LogP contribution >= 0.6 is 35.1 Å². The minimum absolute atomic E-state index is 0.00482. The molecule has 0 aliphatic heterocycles. The Hall–Kier alpha value is -1.27. The normalized spacial score (nSPS) is 10.4. The van der Waals surface area contributed by atoms with Crippen molar-refractivity contribution in [3.05, 3.63) is 63.9 Å². The number of halogens is 3. The van der Waals surface area contributed by atoms with Gasteiger partial charge in [0.25, 0.3) is 5.91 Å². The topological polar surface area (TPSA) is 46.3 Å². The van der Waals surface area contributed by atoms with E-state index in [1.807, 2.05) is 0 Å². The van der Waals surface area contributed by atoms with Crippen molar-refractivity contribution in [1.29, 1.82) is 0 Å². The molecule has 2 aromatic rings. The molecule has 104 valence electrons. The van der Waals surface area contributed by atoms with Crippen molar-refractivity contribution >= 4 is 41.1 Å². The average molecular weight is 331 g/mol. The Morgan fingerprint density at radius 1 is 1.10 bits per heavy atom. The summed E-state index contributed by atoms with van der Waals surface area (Å²) in [6, 6.07) is 10.8. The van der Waals surface area contributed by atoms with Crippen LogP contribution in [0.1, 0.15) is 10.4 Å². The van der Waals surface area contributed by atoms with E-state index in [4.69, 9.17) is 29.0 Å². The molecule has 1 amide bonds. The first kappa shape index (κ1) is 15.1. The van der Waals surface area contributed by atoms with E-state index in [0.29, 0.717) is 9.92 Å². The molecule has 7 heteroatoms. The summed E-state index contributed by atoms with van der Waals surface area (Å²) in [4.78, 5) is 12.7. The van der Waals surface area contributed by atoms with Crippen LogP contribution in [-0.4, -0.2) is 10.3 Å². The third-order valence-corrected chi connectivity index (χ3v) is 4.08. The van der Waals surface area contributed by atoms with Crippen molar-refractivity contribution in [2.75, 3.05) is 0 Å². The summed E-state index contributed by atoms with van der Waals surface area (Å²) in [6.07, 6.45) is 0. The van der Waals surface area contributed by atoms with Crippen molar-refractivity contribution in [2.24, 2.45) is 5.84 Å². The molecule has 2 rings (SSSR count). The number of carbonyl (C=O) groups excluding carboxylic acids is 1. The van der Waals surface area contributed by atoms with Crippen molar-refractivity contribution < 1.29 is 9.18 Å². The second-order valence-electron chi connectivity index (χ2n) is 3.75. The highest BCUT2D eigenvalue weighted by molar-refractivity contribution is 7.97. The number of hydrazine groups is 1. The van der Waals surface area contributed by atoms with Crippen LogP contribution in [0.4, 0.5) is 4.39 Å². The van der Waals surface area contributed by atoms with Gasteiger partial charge in [0.05, 0.1) is 15.6 Å². The Labute approximate surface area is 129 Å². The Kier molecular flexibility index (Phi) is 4.88. The van der Waals surface area contributed by atoms with E-state index >= 15 is 0 Å². The van der Waals surface area contributed by atoms with Crippen molar-refractivity contribution in [1.82, 2.24) is 4.41 Å². The van der Waals surface area contributed by atoms with Gasteiger partial charge in [-0.3, -0.25) is 4.79 Å². The number of nitrogens with two attached hydrogens (primary N) is 1. The third kappa shape index (κ3) is 3.24. The lowest BCUT2D eigenvalue weighted by Crippen LogP contribution is -2.31. The summed E-state index contributed by atoms with van der Waals surface area (Å²) < 4.78 is 14.5. The Morgan fingerprint density at radius 3 is 2.40 bits per heavy atom. The van der Waals surface area contributed by atoms with Gasteiger partial charge in [0, 0.05) is 16.8 Å². The van der Waals surface area contributed by atoms with Gasteiger partial charge >= 0.3 is 0 Å². The highest BCUT2D eigenvalue weighted by atomic mass is 35.5. The SMILES string of the molecule is NN(Sc1ccccc1Cl)C(=O)c1c(F)cccc1Cl. The van der Waals surface area contributed by atoms with Crippen LogP contribution in [0.15, 0.2) is 47.4 Å². The van der Waals surface area contributed by atoms with E-state index in [0.717, 1.165) is 22.4 Å². The van der Waals surface area contributed by atoms with Gasteiger partial charge in [-0.2, -0.15) is 0 Å². The predicted octanol–water partition coefficient (Wildman–Crippen LogP) is 4.16. The molecule has 0 bridgehead atoms. The molecule has 2 N–H and O–H groups in total. The Morgan fingerprint density at radius 2 is 1.75 bits per heavy atom. The highest BCUT2D eigenvalue weighted by Crippen LogP contribution is 2.30. The molecule has 0 aromatic heterocycles. The molecule has 0 aliphatic rings. The third-order valence-electron chi connectivity index (χ3n) is 2.41. The zero-order valence-corrected chi connectivity index (χ0v) is 12.3. The zero-order valence-electron chi connectivity index (χ0n) is 10.0. The van der Waals surface area contributed by atoms with E-state index in [-0.39, 0.29) is 10.6 Å². The minimum atomic E-state index is -0.738. The number of benzene rings is 2. The molecule has 3 nitrogen and oxygen atoms in total. The maximum atomic E-state index is 13.7. The maximum Gasteiger partial charge on any atom is 0.282 e. The number of hydrogen-bond acceptors (Lipinski definition) is 3. The van der Waals surface area contributed by atoms with E-state index in [2.05, 4.69) is 0 Å². The molecule has 0 atom stereocenters. The van der Waals surface area contributed by atoms with E-state index in [1.165, 1.54) is 12.1 Å². The second-order valence-corrected chi connectivity index (χ2v) is 5.58. The van der Waals surface area contributed by atoms with Gasteiger partial charge in [0.1, 0.15) is 5.82 Å². The van der Waals surface area contributed by atoms with E-state index < -0.39 is 11.7 Å². The number of nitrogens with zero attached hydrogens (tertiary/aromatic N) is 1. The standard InChI is InChI=1S/C13H9Cl2FN2OS/c14-8-4-1-2-7-11(8)20-18(17)13(19)12-9(15)5-3-6-10(12)16/h1-7H,17H2. The lowest BCUT2D eigenvalue weighted by Gasteiger charge is -2.16. The number of hydrogen-bond donors (Lipinski definition) is 1. The number of carbonyl (C=O) groups is 1. The largest absolute Gasteiger partial charge is 0.282 e. The lowest BCUT2D eigenvalue weighted by atomic mass is 10.2. The number of amides is 1. The molecular weight excluding hydrogens is 322 g/mol. The molecule has 0 radical (unpaired) electrons. The molecule has 0 heterocycles. The molecule has 0 saturated carbocycles. The summed E-state index contributed by atoms with van der Waals surface area (Å²) in [7, 11) is 0. The van der Waals surface area contributed by atoms with Crippen LogP contribution in [0, 0.1) is 5.82 Å². The van der Waals surface area contributed by atoms with Crippen molar-refractivity contribution in [3.63, 3.8) is 0 Å². The first-order chi connectivity index (χ1) is 9.50. The predicted molar refractivity (Wildman–Crippen MR) is 79.1 cm³/mol. The Bertz CT molecular complexity index is 634. The first-order valence-corrected chi connectivity index (χ1v) is 6.99. The highest BCUT2D eigenvalue weighted by Gasteiger charge is 2.21. The van der Waals surface area contributed by atoms with Crippen LogP contribution in [0.2, 0.25) is 10.0 Å². The van der Waals surface area contributed by atoms with Gasteiger partial charge in [0.15, 0.2) is 0 Å². The van der Waals surface area contributed by atoms with E-state index in [1.54, 1.807) is 24.3 Å². The quantitative estimate of drug-likeness (QED) is 0.398. The summed E-state index contributed by atoms with van der Waals surface area (Å²) in [5.74, 6) is 4.19. The van der Waals surface area contributed by atoms with Crippen LogP contribution in [0.5, 0.6) is 0 Å². The van der Waals surface area contributed by atoms with Gasteiger partial charge in [-0.1, -0.05) is 41.4 Å². The molecular formula is C13H9Cl2FN2OS. The van der Waals surface area contributed by atoms with Gasteiger partial charge in [-0.25, -0.2) is 14.6 Å². The van der Waals surface area contributed by atoms with E-state index in [9.17, 15) is 9.18 Å². The fraction of sp³-hybridized carbons (Fsp3) is 0. The maximum absolute atomic E-state index is 13.7. The summed E-state index contributed by atoms with van der Waals surface area (Å²) in [5.41, 5.74) is -0.267. The molecule has 0 unspecified atom stereocenters. The van der Waals surface area contributed by atoms with Crippen LogP contribution in [0.3, 0.4) is 0 Å². The first-order valence-electron chi connectivity index (χ1n) is 5.46. The molecule has 0 aliphatic carbocycles. The van der Waals surface area contributed by atoms with Crippen LogP contribution < -0.4 is 5.84 Å². The Balaban J connectivity index is 2.24. The molecule has 0 saturated heterocycles. The molecule has 2 aromatic carbocycles. The average Bonchev–Trinajstić information content (AvgIpc) is 2.41. The van der Waals surface area contributed by atoms with Gasteiger partial charge < -0.3 is 0 Å². The summed E-state index contributed by atoms with van der Waals surface area (Å²) in [5, 5.41) is 0.450. The van der Waals surface area contributed by atoms with Crippen molar-refractivity contribution in [2.45, 2.75) is 4.90 Å². The van der Waals surface area contributed by atoms with Crippen LogP contribution in [-0.2, 0) is 0 Å². The monoisotopic (exact) mass is 330 g/mol. The fourth-order valence-electron chi connectivity index (χ4n) is 1.48. The van der Waals surface area contributed by atoms with Crippen molar-refractivity contribution in [3.8, 4) is 0 Å². The summed E-state index contributed by atoms with van der Waals surface area (Å²) in [6.45, 7) is 0. The smallest absolute Gasteiger partial charge is 0.266 e. The van der Waals surface area contributed by atoms with Gasteiger partial charge in [0.2, 0.25) is 0 Å². The van der Waals surface area contributed by atoms with Crippen LogP contribution in [0.25, 0.3) is 0 Å². The summed E-state index contributed by atoms with van der Waals surface area (Å²) >= 11 is 12.7. The molecule has 20 heavy (non-hydrogen) atoms. The second kappa shape index (κ2) is 6.45.